The summed E-state index contributed by atoms with van der Waals surface area (Å²) in [5, 5.41) is 0. The summed E-state index contributed by atoms with van der Waals surface area (Å²) >= 11 is 2.36. The molecule has 2 rings (SSSR count). The van der Waals surface area contributed by atoms with Gasteiger partial charge in [0.2, 0.25) is 0 Å². The molecule has 0 aliphatic heterocycles. The molecule has 1 aromatic rings. The van der Waals surface area contributed by atoms with E-state index in [0.717, 1.165) is 18.4 Å². The van der Waals surface area contributed by atoms with Crippen molar-refractivity contribution in [1.82, 2.24) is 4.57 Å². The Morgan fingerprint density at radius 2 is 1.87 bits per heavy atom. The number of hydrogen-bond donors (Lipinski definition) is 0. The zero-order chi connectivity index (χ0) is 11.0. The van der Waals surface area contributed by atoms with Crippen molar-refractivity contribution in [3.8, 4) is 0 Å². The molecule has 0 radical (unpaired) electrons. The minimum Gasteiger partial charge on any atom is -0.312 e. The van der Waals surface area contributed by atoms with E-state index < -0.39 is 0 Å². The highest BCUT2D eigenvalue weighted by molar-refractivity contribution is 14.1. The molecule has 0 N–H and O–H groups in total. The van der Waals surface area contributed by atoms with E-state index in [1.54, 1.807) is 0 Å². The predicted octanol–water partition coefficient (Wildman–Crippen LogP) is 2.91. The Morgan fingerprint density at radius 3 is 2.47 bits per heavy atom. The van der Waals surface area contributed by atoms with Gasteiger partial charge in [-0.25, -0.2) is 0 Å². The van der Waals surface area contributed by atoms with Gasteiger partial charge in [-0.15, -0.1) is 0 Å². The average Bonchev–Trinajstić information content (AvgIpc) is 2.23. The van der Waals surface area contributed by atoms with Gasteiger partial charge in [0.15, 0.2) is 0 Å². The molecule has 1 aliphatic carbocycles. The van der Waals surface area contributed by atoms with Gasteiger partial charge < -0.3 is 4.57 Å². The topological polar surface area (TPSA) is 22.0 Å². The summed E-state index contributed by atoms with van der Waals surface area (Å²) < 4.78 is 3.13. The van der Waals surface area contributed by atoms with E-state index in [9.17, 15) is 4.79 Å². The van der Waals surface area contributed by atoms with E-state index >= 15 is 0 Å². The van der Waals surface area contributed by atoms with Crippen LogP contribution in [0, 0.1) is 3.57 Å². The fourth-order valence-electron chi connectivity index (χ4n) is 2.20. The fourth-order valence-corrected chi connectivity index (χ4v) is 3.10. The van der Waals surface area contributed by atoms with Crippen molar-refractivity contribution in [1.29, 1.82) is 0 Å². The van der Waals surface area contributed by atoms with Crippen molar-refractivity contribution in [2.24, 2.45) is 0 Å². The van der Waals surface area contributed by atoms with Gasteiger partial charge in [-0.2, -0.15) is 0 Å². The molecular weight excluding hydrogens is 301 g/mol. The maximum atomic E-state index is 12.2. The summed E-state index contributed by atoms with van der Waals surface area (Å²) in [6, 6.07) is 0.262. The summed E-state index contributed by atoms with van der Waals surface area (Å²) in [5.41, 5.74) is 2.62. The normalized spacial score (nSPS) is 15.5. The van der Waals surface area contributed by atoms with Gasteiger partial charge in [0.05, 0.1) is 0 Å². The maximum Gasteiger partial charge on any atom is 0.254 e. The lowest BCUT2D eigenvalue weighted by molar-refractivity contribution is 0.557. The first-order valence-corrected chi connectivity index (χ1v) is 6.61. The van der Waals surface area contributed by atoms with Crippen LogP contribution >= 0.6 is 22.6 Å². The Labute approximate surface area is 104 Å². The molecule has 0 unspecified atom stereocenters. The summed E-state index contributed by atoms with van der Waals surface area (Å²) in [6.07, 6.45) is 6.46. The van der Waals surface area contributed by atoms with E-state index in [1.807, 2.05) is 10.8 Å². The Hall–Kier alpha value is -0.320. The number of hydrogen-bond acceptors (Lipinski definition) is 1. The van der Waals surface area contributed by atoms with Crippen LogP contribution in [-0.4, -0.2) is 4.57 Å². The van der Waals surface area contributed by atoms with Crippen LogP contribution in [0.3, 0.4) is 0 Å². The van der Waals surface area contributed by atoms with Crippen molar-refractivity contribution >= 4 is 22.6 Å². The monoisotopic (exact) mass is 317 g/mol. The predicted molar refractivity (Wildman–Crippen MR) is 70.4 cm³/mol. The summed E-state index contributed by atoms with van der Waals surface area (Å²) in [7, 11) is 0. The number of aromatic nitrogens is 1. The second-order valence-corrected chi connectivity index (χ2v) is 5.61. The van der Waals surface area contributed by atoms with Crippen molar-refractivity contribution in [3.05, 3.63) is 31.2 Å². The van der Waals surface area contributed by atoms with Crippen LogP contribution in [0.4, 0.5) is 0 Å². The molecule has 15 heavy (non-hydrogen) atoms. The molecule has 0 bridgehead atoms. The molecule has 0 fully saturated rings. The van der Waals surface area contributed by atoms with E-state index in [4.69, 9.17) is 0 Å². The smallest absolute Gasteiger partial charge is 0.254 e. The summed E-state index contributed by atoms with van der Waals surface area (Å²) in [6.45, 7) is 4.12. The number of nitrogens with zero attached hydrogens (tertiary/aromatic N) is 1. The van der Waals surface area contributed by atoms with Crippen LogP contribution in [0.15, 0.2) is 11.0 Å². The number of halogens is 1. The van der Waals surface area contributed by atoms with Crippen LogP contribution in [0.2, 0.25) is 0 Å². The third-order valence-electron chi connectivity index (χ3n) is 3.06. The van der Waals surface area contributed by atoms with Crippen molar-refractivity contribution in [2.75, 3.05) is 0 Å². The zero-order valence-corrected chi connectivity index (χ0v) is 11.4. The van der Waals surface area contributed by atoms with Gasteiger partial charge in [-0.05, 0) is 67.7 Å². The minimum atomic E-state index is 0.236. The van der Waals surface area contributed by atoms with E-state index in [1.165, 1.54) is 22.0 Å². The van der Waals surface area contributed by atoms with Crippen LogP contribution in [0.5, 0.6) is 0 Å². The molecule has 1 aliphatic rings. The second kappa shape index (κ2) is 4.28. The quantitative estimate of drug-likeness (QED) is 0.730. The van der Waals surface area contributed by atoms with Gasteiger partial charge in [0, 0.05) is 21.4 Å². The first-order valence-electron chi connectivity index (χ1n) is 5.53. The average molecular weight is 317 g/mol. The maximum absolute atomic E-state index is 12.2. The molecule has 82 valence electrons. The van der Waals surface area contributed by atoms with Gasteiger partial charge in [-0.1, -0.05) is 0 Å². The molecular formula is C12H16INO. The molecule has 0 spiro atoms. The lowest BCUT2D eigenvalue weighted by Crippen LogP contribution is -2.29. The number of fused-ring (bicyclic) bond motifs is 1. The fraction of sp³-hybridized carbons (Fsp3) is 0.583. The summed E-state index contributed by atoms with van der Waals surface area (Å²) in [5.74, 6) is 0. The first kappa shape index (κ1) is 11.2. The van der Waals surface area contributed by atoms with Crippen molar-refractivity contribution in [3.63, 3.8) is 0 Å². The van der Waals surface area contributed by atoms with Gasteiger partial charge in [-0.3, -0.25) is 4.79 Å². The van der Waals surface area contributed by atoms with E-state index in [0.29, 0.717) is 0 Å². The highest BCUT2D eigenvalue weighted by atomic mass is 127. The minimum absolute atomic E-state index is 0.236. The molecule has 1 aromatic heterocycles. The van der Waals surface area contributed by atoms with Crippen LogP contribution in [0.1, 0.15) is 43.9 Å². The molecule has 2 nitrogen and oxygen atoms in total. The molecule has 0 amide bonds. The zero-order valence-electron chi connectivity index (χ0n) is 9.22. The standard InChI is InChI=1S/C12H16INO/c1-8(2)14-7-11(13)9-5-3-4-6-10(9)12(14)15/h7-8H,3-6H2,1-2H3. The van der Waals surface area contributed by atoms with Gasteiger partial charge in [0.25, 0.3) is 5.56 Å². The summed E-state index contributed by atoms with van der Waals surface area (Å²) in [4.78, 5) is 12.2. The highest BCUT2D eigenvalue weighted by Crippen LogP contribution is 2.23. The van der Waals surface area contributed by atoms with E-state index in [-0.39, 0.29) is 11.6 Å². The largest absolute Gasteiger partial charge is 0.312 e. The van der Waals surface area contributed by atoms with Crippen LogP contribution in [0.25, 0.3) is 0 Å². The van der Waals surface area contributed by atoms with E-state index in [2.05, 4.69) is 36.4 Å². The first-order chi connectivity index (χ1) is 7.11. The van der Waals surface area contributed by atoms with Gasteiger partial charge >= 0.3 is 0 Å². The third kappa shape index (κ3) is 1.98. The highest BCUT2D eigenvalue weighted by Gasteiger charge is 2.18. The molecule has 3 heteroatoms. The number of rotatable bonds is 1. The Bertz CT molecular complexity index is 434. The molecule has 0 atom stereocenters. The van der Waals surface area contributed by atoms with Crippen LogP contribution in [-0.2, 0) is 12.8 Å². The van der Waals surface area contributed by atoms with Gasteiger partial charge in [0.1, 0.15) is 0 Å². The molecule has 0 saturated heterocycles. The lowest BCUT2D eigenvalue weighted by Gasteiger charge is -2.20. The molecule has 0 aromatic carbocycles. The molecule has 0 saturated carbocycles. The molecule has 1 heterocycles. The number of pyridine rings is 1. The Morgan fingerprint density at radius 1 is 1.27 bits per heavy atom. The third-order valence-corrected chi connectivity index (χ3v) is 3.99. The Kier molecular flexibility index (Phi) is 3.19. The SMILES string of the molecule is CC(C)n1cc(I)c2c(c1=O)CCCC2. The lowest BCUT2D eigenvalue weighted by atomic mass is 9.93. The van der Waals surface area contributed by atoms with Crippen LogP contribution < -0.4 is 5.56 Å². The Balaban J connectivity index is 2.65. The second-order valence-electron chi connectivity index (χ2n) is 4.45. The van der Waals surface area contributed by atoms with Crippen molar-refractivity contribution < 1.29 is 0 Å². The van der Waals surface area contributed by atoms with Crippen molar-refractivity contribution in [2.45, 2.75) is 45.6 Å².